The van der Waals surface area contributed by atoms with Crippen molar-refractivity contribution in [1.29, 1.82) is 0 Å². The molecule has 10 heteroatoms. The van der Waals surface area contributed by atoms with Crippen molar-refractivity contribution in [1.82, 2.24) is 14.8 Å². The number of benzene rings is 2. The second-order valence-electron chi connectivity index (χ2n) is 7.42. The number of halogens is 1. The van der Waals surface area contributed by atoms with Crippen LogP contribution in [0.3, 0.4) is 0 Å². The fourth-order valence-electron chi connectivity index (χ4n) is 3.28. The van der Waals surface area contributed by atoms with Gasteiger partial charge in [-0.25, -0.2) is 9.18 Å². The van der Waals surface area contributed by atoms with Gasteiger partial charge in [-0.1, -0.05) is 41.6 Å². The maximum Gasteiger partial charge on any atom is 0.341 e. The molecule has 7 nitrogen and oxygen atoms in total. The first-order chi connectivity index (χ1) is 16.4. The molecule has 2 heterocycles. The van der Waals surface area contributed by atoms with Gasteiger partial charge in [-0.2, -0.15) is 0 Å². The van der Waals surface area contributed by atoms with Crippen LogP contribution in [0, 0.1) is 12.7 Å². The molecular formula is C24H21FN4O3S2. The lowest BCUT2D eigenvalue weighted by Crippen LogP contribution is -2.16. The molecule has 0 bridgehead atoms. The summed E-state index contributed by atoms with van der Waals surface area (Å²) in [6, 6.07) is 13.7. The number of aryl methyl sites for hydroxylation is 1. The van der Waals surface area contributed by atoms with Gasteiger partial charge >= 0.3 is 5.97 Å². The van der Waals surface area contributed by atoms with Crippen molar-refractivity contribution in [3.63, 3.8) is 0 Å². The number of rotatable bonds is 7. The number of nitrogens with zero attached hydrogens (tertiary/aromatic N) is 3. The monoisotopic (exact) mass is 496 g/mol. The second kappa shape index (κ2) is 10.2. The summed E-state index contributed by atoms with van der Waals surface area (Å²) in [5.41, 5.74) is 3.72. The number of ether oxygens (including phenoxy) is 1. The van der Waals surface area contributed by atoms with Crippen molar-refractivity contribution >= 4 is 40.0 Å². The van der Waals surface area contributed by atoms with Gasteiger partial charge in [0.2, 0.25) is 5.91 Å². The van der Waals surface area contributed by atoms with E-state index in [9.17, 15) is 14.0 Å². The molecule has 34 heavy (non-hydrogen) atoms. The minimum absolute atomic E-state index is 0.0633. The standard InChI is InChI=1S/C24H21FN4O3S2/c1-14-4-6-15(7-5-14)18-12-33-22(20(18)23(31)32-3)26-19(30)13-34-24-28-27-21(29(24)2)16-8-10-17(25)11-9-16/h4-12H,13H2,1-3H3,(H,26,30). The van der Waals surface area contributed by atoms with Crippen LogP contribution < -0.4 is 5.32 Å². The van der Waals surface area contributed by atoms with E-state index in [0.717, 1.165) is 16.7 Å². The summed E-state index contributed by atoms with van der Waals surface area (Å²) in [6.45, 7) is 1.99. The summed E-state index contributed by atoms with van der Waals surface area (Å²) in [6.07, 6.45) is 0. The van der Waals surface area contributed by atoms with Crippen LogP contribution in [0.1, 0.15) is 15.9 Å². The van der Waals surface area contributed by atoms with Crippen LogP contribution in [0.25, 0.3) is 22.5 Å². The Morgan fingerprint density at radius 3 is 2.44 bits per heavy atom. The van der Waals surface area contributed by atoms with Crippen molar-refractivity contribution in [3.8, 4) is 22.5 Å². The molecule has 0 aliphatic rings. The molecule has 0 spiro atoms. The predicted octanol–water partition coefficient (Wildman–Crippen LogP) is 5.18. The highest BCUT2D eigenvalue weighted by Gasteiger charge is 2.22. The molecule has 4 rings (SSSR count). The van der Waals surface area contributed by atoms with Gasteiger partial charge in [-0.15, -0.1) is 21.5 Å². The number of esters is 1. The predicted molar refractivity (Wildman–Crippen MR) is 132 cm³/mol. The van der Waals surface area contributed by atoms with Gasteiger partial charge in [0.05, 0.1) is 12.9 Å². The highest BCUT2D eigenvalue weighted by Crippen LogP contribution is 2.36. The van der Waals surface area contributed by atoms with E-state index in [0.29, 0.717) is 27.1 Å². The average molecular weight is 497 g/mol. The Hall–Kier alpha value is -3.50. The number of aromatic nitrogens is 3. The number of thioether (sulfide) groups is 1. The van der Waals surface area contributed by atoms with Crippen LogP contribution in [0.5, 0.6) is 0 Å². The van der Waals surface area contributed by atoms with Gasteiger partial charge in [0, 0.05) is 23.6 Å². The zero-order valence-corrected chi connectivity index (χ0v) is 20.3. The molecule has 1 amide bonds. The van der Waals surface area contributed by atoms with E-state index in [1.54, 1.807) is 23.7 Å². The van der Waals surface area contributed by atoms with E-state index in [4.69, 9.17) is 4.74 Å². The van der Waals surface area contributed by atoms with E-state index in [-0.39, 0.29) is 17.5 Å². The Bertz CT molecular complexity index is 1330. The minimum atomic E-state index is -0.517. The molecule has 0 unspecified atom stereocenters. The van der Waals surface area contributed by atoms with Crippen molar-refractivity contribution in [2.75, 3.05) is 18.2 Å². The molecule has 1 N–H and O–H groups in total. The van der Waals surface area contributed by atoms with Crippen LogP contribution in [0.2, 0.25) is 0 Å². The summed E-state index contributed by atoms with van der Waals surface area (Å²) in [5.74, 6) is -0.511. The second-order valence-corrected chi connectivity index (χ2v) is 9.24. The molecule has 0 saturated carbocycles. The van der Waals surface area contributed by atoms with Crippen molar-refractivity contribution in [2.24, 2.45) is 7.05 Å². The van der Waals surface area contributed by atoms with Gasteiger partial charge < -0.3 is 14.6 Å². The summed E-state index contributed by atoms with van der Waals surface area (Å²) in [5, 5.41) is 13.9. The Labute approximate surface area is 204 Å². The summed E-state index contributed by atoms with van der Waals surface area (Å²) >= 11 is 2.48. The summed E-state index contributed by atoms with van der Waals surface area (Å²) in [7, 11) is 3.09. The van der Waals surface area contributed by atoms with Crippen LogP contribution in [0.15, 0.2) is 59.1 Å². The summed E-state index contributed by atoms with van der Waals surface area (Å²) in [4.78, 5) is 25.2. The lowest BCUT2D eigenvalue weighted by Gasteiger charge is -2.08. The van der Waals surface area contributed by atoms with Gasteiger partial charge in [0.1, 0.15) is 16.4 Å². The molecule has 0 fully saturated rings. The number of anilines is 1. The number of carbonyl (C=O) groups excluding carboxylic acids is 2. The molecule has 174 valence electrons. The maximum absolute atomic E-state index is 13.2. The highest BCUT2D eigenvalue weighted by atomic mass is 32.2. The van der Waals surface area contributed by atoms with Gasteiger partial charge in [0.25, 0.3) is 0 Å². The normalized spacial score (nSPS) is 10.8. The number of hydrogen-bond donors (Lipinski definition) is 1. The lowest BCUT2D eigenvalue weighted by atomic mass is 10.0. The van der Waals surface area contributed by atoms with Crippen molar-refractivity contribution < 1.29 is 18.7 Å². The maximum atomic E-state index is 13.2. The molecule has 0 aliphatic carbocycles. The van der Waals surface area contributed by atoms with Gasteiger partial charge in [-0.05, 0) is 36.8 Å². The van der Waals surface area contributed by atoms with Gasteiger partial charge in [-0.3, -0.25) is 4.79 Å². The SMILES string of the molecule is COC(=O)c1c(-c2ccc(C)cc2)csc1NC(=O)CSc1nnc(-c2ccc(F)cc2)n1C. The summed E-state index contributed by atoms with van der Waals surface area (Å²) < 4.78 is 19.9. The molecule has 4 aromatic rings. The molecule has 0 atom stereocenters. The lowest BCUT2D eigenvalue weighted by molar-refractivity contribution is -0.113. The molecule has 0 radical (unpaired) electrons. The Morgan fingerprint density at radius 1 is 1.09 bits per heavy atom. The quantitative estimate of drug-likeness (QED) is 0.280. The van der Waals surface area contributed by atoms with Crippen LogP contribution in [0.4, 0.5) is 9.39 Å². The third-order valence-corrected chi connectivity index (χ3v) is 6.98. The number of nitrogens with one attached hydrogen (secondary N) is 1. The topological polar surface area (TPSA) is 86.1 Å². The largest absolute Gasteiger partial charge is 0.465 e. The van der Waals surface area contributed by atoms with E-state index in [1.807, 2.05) is 36.6 Å². The number of amides is 1. The molecule has 2 aromatic heterocycles. The third kappa shape index (κ3) is 5.02. The fourth-order valence-corrected chi connectivity index (χ4v) is 4.97. The van der Waals surface area contributed by atoms with Crippen molar-refractivity contribution in [2.45, 2.75) is 12.1 Å². The van der Waals surface area contributed by atoms with Crippen LogP contribution in [-0.2, 0) is 16.6 Å². The van der Waals surface area contributed by atoms with E-state index in [1.165, 1.54) is 42.3 Å². The van der Waals surface area contributed by atoms with Gasteiger partial charge in [0.15, 0.2) is 11.0 Å². The first kappa shape index (κ1) is 23.7. The van der Waals surface area contributed by atoms with Crippen LogP contribution in [-0.4, -0.2) is 39.5 Å². The zero-order chi connectivity index (χ0) is 24.2. The Morgan fingerprint density at radius 2 is 1.76 bits per heavy atom. The third-order valence-electron chi connectivity index (χ3n) is 5.07. The average Bonchev–Trinajstić information content (AvgIpc) is 3.41. The van der Waals surface area contributed by atoms with E-state index >= 15 is 0 Å². The van der Waals surface area contributed by atoms with Crippen LogP contribution >= 0.6 is 23.1 Å². The Balaban J connectivity index is 1.48. The number of methoxy groups -OCH3 is 1. The molecular weight excluding hydrogens is 475 g/mol. The molecule has 0 saturated heterocycles. The van der Waals surface area contributed by atoms with Crippen molar-refractivity contribution in [3.05, 3.63) is 70.9 Å². The zero-order valence-electron chi connectivity index (χ0n) is 18.7. The smallest absolute Gasteiger partial charge is 0.341 e. The highest BCUT2D eigenvalue weighted by molar-refractivity contribution is 7.99. The number of thiophene rings is 1. The van der Waals surface area contributed by atoms with E-state index < -0.39 is 5.97 Å². The minimum Gasteiger partial charge on any atom is -0.465 e. The first-order valence-electron chi connectivity index (χ1n) is 10.2. The number of hydrogen-bond acceptors (Lipinski definition) is 7. The number of carbonyl (C=O) groups is 2. The molecule has 0 aliphatic heterocycles. The Kier molecular flexibility index (Phi) is 7.09. The molecule has 2 aromatic carbocycles. The fraction of sp³-hybridized carbons (Fsp3) is 0.167. The van der Waals surface area contributed by atoms with E-state index in [2.05, 4.69) is 15.5 Å². The first-order valence-corrected chi connectivity index (χ1v) is 12.1.